The molecule has 5 heteroatoms. The van der Waals surface area contributed by atoms with Crippen molar-refractivity contribution in [3.63, 3.8) is 0 Å². The monoisotopic (exact) mass is 261 g/mol. The number of rotatable bonds is 8. The predicted molar refractivity (Wildman–Crippen MR) is 70.7 cm³/mol. The molecule has 1 amide bonds. The molecule has 0 aromatic rings. The lowest BCUT2D eigenvalue weighted by atomic mass is 10.4. The van der Waals surface area contributed by atoms with E-state index in [0.29, 0.717) is 32.3 Å². The second-order valence-electron chi connectivity index (χ2n) is 3.93. The molecule has 0 spiro atoms. The van der Waals surface area contributed by atoms with Gasteiger partial charge in [-0.15, -0.1) is 0 Å². The van der Waals surface area contributed by atoms with Crippen LogP contribution in [0.1, 0.15) is 26.7 Å². The van der Waals surface area contributed by atoms with Crippen molar-refractivity contribution < 1.29 is 19.0 Å². The lowest BCUT2D eigenvalue weighted by Crippen LogP contribution is -2.17. The highest BCUT2D eigenvalue weighted by Crippen LogP contribution is 2.04. The predicted octanol–water partition coefficient (Wildman–Crippen LogP) is 1.31. The minimum Gasteiger partial charge on any atom is -0.379 e. The molecule has 0 aromatic carbocycles. The van der Waals surface area contributed by atoms with Crippen molar-refractivity contribution in [1.82, 2.24) is 4.90 Å². The minimum atomic E-state index is 0.292. The fourth-order valence-electron chi connectivity index (χ4n) is 1.41. The summed E-state index contributed by atoms with van der Waals surface area (Å²) in [6.45, 7) is 9.12. The first-order valence-electron chi connectivity index (χ1n) is 6.69. The third kappa shape index (κ3) is 10.5. The van der Waals surface area contributed by atoms with Crippen LogP contribution in [-0.4, -0.2) is 64.0 Å². The number of ether oxygens (including phenoxy) is 3. The maximum Gasteiger partial charge on any atom is 0.222 e. The van der Waals surface area contributed by atoms with Gasteiger partial charge in [-0.3, -0.25) is 4.79 Å². The van der Waals surface area contributed by atoms with Crippen LogP contribution in [0.5, 0.6) is 0 Å². The number of hydrogen-bond donors (Lipinski definition) is 0. The molecule has 1 rings (SSSR count). The van der Waals surface area contributed by atoms with E-state index in [0.717, 1.165) is 32.6 Å². The number of carbonyl (C=O) groups is 1. The average molecular weight is 261 g/mol. The van der Waals surface area contributed by atoms with Crippen molar-refractivity contribution in [2.24, 2.45) is 0 Å². The summed E-state index contributed by atoms with van der Waals surface area (Å²) in [5.41, 5.74) is 0. The van der Waals surface area contributed by atoms with Gasteiger partial charge >= 0.3 is 0 Å². The Kier molecular flexibility index (Phi) is 12.3. The van der Waals surface area contributed by atoms with Gasteiger partial charge < -0.3 is 19.1 Å². The lowest BCUT2D eigenvalue weighted by molar-refractivity contribution is -0.126. The maximum absolute atomic E-state index is 10.5. The van der Waals surface area contributed by atoms with Gasteiger partial charge in [-0.2, -0.15) is 0 Å². The number of nitrogens with zero attached hydrogens (tertiary/aromatic N) is 1. The first-order valence-corrected chi connectivity index (χ1v) is 6.69. The topological polar surface area (TPSA) is 48.0 Å². The zero-order valence-electron chi connectivity index (χ0n) is 11.9. The van der Waals surface area contributed by atoms with Gasteiger partial charge in [0.1, 0.15) is 0 Å². The third-order valence-corrected chi connectivity index (χ3v) is 2.46. The Bertz CT molecular complexity index is 191. The number of hydrogen-bond acceptors (Lipinski definition) is 4. The van der Waals surface area contributed by atoms with Gasteiger partial charge in [0.25, 0.3) is 0 Å². The normalized spacial score (nSPS) is 14.6. The molecule has 1 aliphatic rings. The van der Waals surface area contributed by atoms with E-state index in [9.17, 15) is 4.79 Å². The summed E-state index contributed by atoms with van der Waals surface area (Å²) < 4.78 is 15.3. The van der Waals surface area contributed by atoms with Crippen molar-refractivity contribution >= 4 is 5.91 Å². The highest BCUT2D eigenvalue weighted by Gasteiger charge is 2.14. The smallest absolute Gasteiger partial charge is 0.222 e. The van der Waals surface area contributed by atoms with Gasteiger partial charge in [-0.25, -0.2) is 0 Å². The third-order valence-electron chi connectivity index (χ3n) is 2.46. The summed E-state index contributed by atoms with van der Waals surface area (Å²) in [6, 6.07) is 0. The fraction of sp³-hybridized carbons (Fsp3) is 0.923. The van der Waals surface area contributed by atoms with E-state index >= 15 is 0 Å². The van der Waals surface area contributed by atoms with Crippen LogP contribution in [0.2, 0.25) is 0 Å². The van der Waals surface area contributed by atoms with E-state index in [1.165, 1.54) is 0 Å². The van der Waals surface area contributed by atoms with E-state index in [1.54, 1.807) is 4.90 Å². The molecule has 0 aromatic heterocycles. The molecule has 0 unspecified atom stereocenters. The summed E-state index contributed by atoms with van der Waals surface area (Å²) in [5.74, 6) is 0.292. The highest BCUT2D eigenvalue weighted by molar-refractivity contribution is 5.77. The zero-order valence-corrected chi connectivity index (χ0v) is 11.9. The Balaban J connectivity index is 0.000000351. The number of amides is 1. The van der Waals surface area contributed by atoms with Crippen molar-refractivity contribution in [2.75, 3.05) is 53.2 Å². The van der Waals surface area contributed by atoms with Crippen LogP contribution in [-0.2, 0) is 19.0 Å². The Morgan fingerprint density at radius 1 is 1.00 bits per heavy atom. The van der Waals surface area contributed by atoms with Crippen LogP contribution in [0, 0.1) is 0 Å². The molecule has 5 nitrogen and oxygen atoms in total. The highest BCUT2D eigenvalue weighted by atomic mass is 16.5. The van der Waals surface area contributed by atoms with E-state index in [-0.39, 0.29) is 0 Å². The lowest BCUT2D eigenvalue weighted by Gasteiger charge is -2.03. The Morgan fingerprint density at radius 2 is 1.50 bits per heavy atom. The first-order chi connectivity index (χ1) is 8.72. The van der Waals surface area contributed by atoms with Gasteiger partial charge in [0.15, 0.2) is 0 Å². The zero-order chi connectivity index (χ0) is 13.6. The molecule has 0 atom stereocenters. The van der Waals surface area contributed by atoms with Crippen LogP contribution in [0.4, 0.5) is 0 Å². The molecule has 0 aliphatic carbocycles. The molecular weight excluding hydrogens is 234 g/mol. The summed E-state index contributed by atoms with van der Waals surface area (Å²) in [6.07, 6.45) is 1.81. The van der Waals surface area contributed by atoms with E-state index in [4.69, 9.17) is 14.2 Å². The van der Waals surface area contributed by atoms with Crippen LogP contribution >= 0.6 is 0 Å². The van der Waals surface area contributed by atoms with Crippen LogP contribution in [0.25, 0.3) is 0 Å². The molecule has 18 heavy (non-hydrogen) atoms. The SMILES string of the molecule is CCOCCOCCOCC.CN1CCCC1=O. The molecule has 1 saturated heterocycles. The summed E-state index contributed by atoms with van der Waals surface area (Å²) in [4.78, 5) is 12.3. The molecule has 0 N–H and O–H groups in total. The molecule has 1 aliphatic heterocycles. The standard InChI is InChI=1S/C8H18O3.C5H9NO/c1-3-9-5-7-11-8-6-10-4-2;1-6-4-2-3-5(6)7/h3-8H2,1-2H3;2-4H2,1H3. The van der Waals surface area contributed by atoms with Crippen LogP contribution in [0.3, 0.4) is 0 Å². The van der Waals surface area contributed by atoms with Crippen molar-refractivity contribution in [3.05, 3.63) is 0 Å². The number of carbonyl (C=O) groups excluding carboxylic acids is 1. The van der Waals surface area contributed by atoms with E-state index in [1.807, 2.05) is 20.9 Å². The van der Waals surface area contributed by atoms with Gasteiger partial charge in [-0.05, 0) is 20.3 Å². The van der Waals surface area contributed by atoms with Crippen molar-refractivity contribution in [3.8, 4) is 0 Å². The Hall–Kier alpha value is -0.650. The molecule has 0 saturated carbocycles. The molecular formula is C13H27NO4. The Morgan fingerprint density at radius 3 is 1.78 bits per heavy atom. The number of likely N-dealkylation sites (tertiary alicyclic amines) is 1. The maximum atomic E-state index is 10.5. The average Bonchev–Trinajstić information content (AvgIpc) is 2.74. The molecule has 108 valence electrons. The summed E-state index contributed by atoms with van der Waals surface area (Å²) >= 11 is 0. The fourth-order valence-corrected chi connectivity index (χ4v) is 1.41. The molecule has 0 radical (unpaired) electrons. The first kappa shape index (κ1) is 17.4. The van der Waals surface area contributed by atoms with Crippen molar-refractivity contribution in [1.29, 1.82) is 0 Å². The molecule has 0 bridgehead atoms. The second kappa shape index (κ2) is 12.8. The van der Waals surface area contributed by atoms with Crippen LogP contribution in [0.15, 0.2) is 0 Å². The minimum absolute atomic E-state index is 0.292. The summed E-state index contributed by atoms with van der Waals surface area (Å²) in [7, 11) is 1.84. The second-order valence-corrected chi connectivity index (χ2v) is 3.93. The molecule has 1 fully saturated rings. The van der Waals surface area contributed by atoms with E-state index < -0.39 is 0 Å². The quantitative estimate of drug-likeness (QED) is 0.618. The van der Waals surface area contributed by atoms with Gasteiger partial charge in [-0.1, -0.05) is 0 Å². The molecule has 1 heterocycles. The van der Waals surface area contributed by atoms with Gasteiger partial charge in [0.05, 0.1) is 26.4 Å². The Labute approximate surface area is 110 Å². The van der Waals surface area contributed by atoms with Gasteiger partial charge in [0, 0.05) is 33.2 Å². The van der Waals surface area contributed by atoms with Gasteiger partial charge in [0.2, 0.25) is 5.91 Å². The largest absolute Gasteiger partial charge is 0.379 e. The van der Waals surface area contributed by atoms with Crippen LogP contribution < -0.4 is 0 Å². The van der Waals surface area contributed by atoms with E-state index in [2.05, 4.69) is 0 Å². The van der Waals surface area contributed by atoms with Crippen molar-refractivity contribution in [2.45, 2.75) is 26.7 Å². The summed E-state index contributed by atoms with van der Waals surface area (Å²) in [5, 5.41) is 0.